The molecule has 4 rings (SSSR count). The Kier molecular flexibility index (Phi) is 5.01. The van der Waals surface area contributed by atoms with Gasteiger partial charge < -0.3 is 9.73 Å². The highest BCUT2D eigenvalue weighted by atomic mass is 35.5. The first-order chi connectivity index (χ1) is 13.1. The molecule has 0 bridgehead atoms. The van der Waals surface area contributed by atoms with Crippen LogP contribution in [-0.4, -0.2) is 35.0 Å². The third-order valence-corrected chi connectivity index (χ3v) is 5.13. The Bertz CT molecular complexity index is 1040. The maximum Gasteiger partial charge on any atom is 0.420 e. The van der Waals surface area contributed by atoms with E-state index in [1.54, 1.807) is 18.2 Å². The second kappa shape index (κ2) is 7.58. The van der Waals surface area contributed by atoms with Gasteiger partial charge in [0.05, 0.1) is 5.52 Å². The van der Waals surface area contributed by atoms with Crippen LogP contribution in [0.15, 0.2) is 51.7 Å². The lowest BCUT2D eigenvalue weighted by Gasteiger charge is -2.28. The normalized spacial score (nSPS) is 14.3. The van der Waals surface area contributed by atoms with Crippen molar-refractivity contribution in [3.63, 3.8) is 0 Å². The fourth-order valence-electron chi connectivity index (χ4n) is 3.49. The number of carbonyl (C=O) groups excluding carboxylic acids is 1. The first-order valence-electron chi connectivity index (χ1n) is 8.95. The van der Waals surface area contributed by atoms with Crippen molar-refractivity contribution in [2.24, 2.45) is 0 Å². The van der Waals surface area contributed by atoms with Gasteiger partial charge in [0.2, 0.25) is 5.91 Å². The van der Waals surface area contributed by atoms with Crippen LogP contribution in [-0.2, 0) is 24.3 Å². The molecule has 2 heterocycles. The van der Waals surface area contributed by atoms with Crippen molar-refractivity contribution in [1.82, 2.24) is 14.8 Å². The summed E-state index contributed by atoms with van der Waals surface area (Å²) < 4.78 is 6.47. The third-order valence-electron chi connectivity index (χ3n) is 4.89. The number of hydrogen-bond donors (Lipinski definition) is 1. The Morgan fingerprint density at radius 1 is 1.19 bits per heavy atom. The van der Waals surface area contributed by atoms with Gasteiger partial charge in [0.15, 0.2) is 5.58 Å². The summed E-state index contributed by atoms with van der Waals surface area (Å²) in [5.74, 6) is -0.776. The molecule has 1 aromatic heterocycles. The molecule has 0 atom stereocenters. The summed E-state index contributed by atoms with van der Waals surface area (Å²) >= 11 is 5.90. The lowest BCUT2D eigenvalue weighted by Crippen LogP contribution is -2.39. The maximum atomic E-state index is 12.3. The second-order valence-corrected chi connectivity index (χ2v) is 7.15. The number of halogens is 1. The van der Waals surface area contributed by atoms with Crippen molar-refractivity contribution >= 4 is 28.6 Å². The molecule has 0 unspecified atom stereocenters. The van der Waals surface area contributed by atoms with Gasteiger partial charge in [-0.2, -0.15) is 0 Å². The monoisotopic (exact) mass is 385 g/mol. The highest BCUT2D eigenvalue weighted by Gasteiger charge is 2.16. The lowest BCUT2D eigenvalue weighted by molar-refractivity contribution is -0.121. The quantitative estimate of drug-likeness (QED) is 0.732. The Hall–Kier alpha value is -2.57. The number of carbonyl (C=O) groups is 1. The van der Waals surface area contributed by atoms with Crippen LogP contribution in [0.5, 0.6) is 0 Å². The topological polar surface area (TPSA) is 67.5 Å². The van der Waals surface area contributed by atoms with Gasteiger partial charge in [0.25, 0.3) is 0 Å². The standard InChI is InChI=1S/C20H20ClN3O3/c21-16-5-6-17-18(11-16)27-20(26)24(17)13-19(25)22-8-10-23-9-7-14-3-1-2-4-15(14)12-23/h1-6,11H,7-10,12-13H2,(H,22,25). The van der Waals surface area contributed by atoms with E-state index in [4.69, 9.17) is 16.0 Å². The van der Waals surface area contributed by atoms with Crippen molar-refractivity contribution in [1.29, 1.82) is 0 Å². The molecule has 0 radical (unpaired) electrons. The Morgan fingerprint density at radius 3 is 2.85 bits per heavy atom. The van der Waals surface area contributed by atoms with Crippen LogP contribution in [0.3, 0.4) is 0 Å². The zero-order valence-electron chi connectivity index (χ0n) is 14.8. The van der Waals surface area contributed by atoms with Crippen molar-refractivity contribution in [2.45, 2.75) is 19.5 Å². The van der Waals surface area contributed by atoms with E-state index in [9.17, 15) is 9.59 Å². The van der Waals surface area contributed by atoms with Crippen LogP contribution in [0.1, 0.15) is 11.1 Å². The van der Waals surface area contributed by atoms with E-state index in [0.29, 0.717) is 22.7 Å². The number of fused-ring (bicyclic) bond motifs is 2. The zero-order chi connectivity index (χ0) is 18.8. The van der Waals surface area contributed by atoms with Gasteiger partial charge in [-0.1, -0.05) is 35.9 Å². The Balaban J connectivity index is 1.32. The summed E-state index contributed by atoms with van der Waals surface area (Å²) in [5, 5.41) is 3.37. The van der Waals surface area contributed by atoms with Gasteiger partial charge >= 0.3 is 5.76 Å². The van der Waals surface area contributed by atoms with E-state index in [-0.39, 0.29) is 12.5 Å². The average molecular weight is 386 g/mol. The SMILES string of the molecule is O=C(Cn1c(=O)oc2cc(Cl)ccc21)NCCN1CCc2ccccc2C1. The molecule has 7 heteroatoms. The maximum absolute atomic E-state index is 12.3. The van der Waals surface area contributed by atoms with Crippen LogP contribution in [0.25, 0.3) is 11.1 Å². The molecule has 1 aliphatic heterocycles. The van der Waals surface area contributed by atoms with Gasteiger partial charge in [-0.25, -0.2) is 4.79 Å². The minimum Gasteiger partial charge on any atom is -0.408 e. The summed E-state index contributed by atoms with van der Waals surface area (Å²) in [4.78, 5) is 26.6. The molecule has 0 saturated heterocycles. The molecule has 0 fully saturated rings. The number of oxazole rings is 1. The van der Waals surface area contributed by atoms with Crippen molar-refractivity contribution in [3.05, 3.63) is 69.2 Å². The van der Waals surface area contributed by atoms with Gasteiger partial charge in [0, 0.05) is 37.3 Å². The van der Waals surface area contributed by atoms with E-state index in [1.807, 2.05) is 0 Å². The minimum absolute atomic E-state index is 0.0731. The number of nitrogens with one attached hydrogen (secondary N) is 1. The van der Waals surface area contributed by atoms with Crippen LogP contribution in [0.2, 0.25) is 5.02 Å². The molecule has 6 nitrogen and oxygen atoms in total. The number of aromatic nitrogens is 1. The minimum atomic E-state index is -0.560. The third kappa shape index (κ3) is 3.91. The molecule has 3 aromatic rings. The number of amides is 1. The van der Waals surface area contributed by atoms with Crippen LogP contribution >= 0.6 is 11.6 Å². The molecule has 140 valence electrons. The zero-order valence-corrected chi connectivity index (χ0v) is 15.5. The molecule has 0 saturated carbocycles. The summed E-state index contributed by atoms with van der Waals surface area (Å²) in [6.07, 6.45) is 1.03. The number of hydrogen-bond acceptors (Lipinski definition) is 4. The summed E-state index contributed by atoms with van der Waals surface area (Å²) in [7, 11) is 0. The lowest BCUT2D eigenvalue weighted by atomic mass is 10.00. The van der Waals surface area contributed by atoms with Gasteiger partial charge in [0.1, 0.15) is 6.54 Å². The molecular weight excluding hydrogens is 366 g/mol. The van der Waals surface area contributed by atoms with E-state index in [0.717, 1.165) is 26.1 Å². The molecular formula is C20H20ClN3O3. The van der Waals surface area contributed by atoms with Crippen molar-refractivity contribution in [3.8, 4) is 0 Å². The molecule has 1 aliphatic rings. The summed E-state index contributed by atoms with van der Waals surface area (Å²) in [6, 6.07) is 13.4. The number of nitrogens with zero attached hydrogens (tertiary/aromatic N) is 2. The van der Waals surface area contributed by atoms with Crippen LogP contribution in [0.4, 0.5) is 0 Å². The molecule has 0 spiro atoms. The first-order valence-corrected chi connectivity index (χ1v) is 9.33. The van der Waals surface area contributed by atoms with E-state index in [2.05, 4.69) is 34.5 Å². The van der Waals surface area contributed by atoms with Crippen LogP contribution < -0.4 is 11.1 Å². The molecule has 1 N–H and O–H groups in total. The van der Waals surface area contributed by atoms with Gasteiger partial charge in [-0.15, -0.1) is 0 Å². The van der Waals surface area contributed by atoms with E-state index >= 15 is 0 Å². The summed E-state index contributed by atoms with van der Waals surface area (Å²) in [6.45, 7) is 3.13. The van der Waals surface area contributed by atoms with Gasteiger partial charge in [-0.3, -0.25) is 14.3 Å². The van der Waals surface area contributed by atoms with Crippen molar-refractivity contribution in [2.75, 3.05) is 19.6 Å². The smallest absolute Gasteiger partial charge is 0.408 e. The number of benzene rings is 2. The molecule has 27 heavy (non-hydrogen) atoms. The fraction of sp³-hybridized carbons (Fsp3) is 0.300. The second-order valence-electron chi connectivity index (χ2n) is 6.71. The largest absolute Gasteiger partial charge is 0.420 e. The molecule has 0 aliphatic carbocycles. The number of rotatable bonds is 5. The fourth-order valence-corrected chi connectivity index (χ4v) is 3.65. The summed E-state index contributed by atoms with van der Waals surface area (Å²) in [5.41, 5.74) is 3.70. The van der Waals surface area contributed by atoms with Crippen LogP contribution in [0, 0.1) is 0 Å². The van der Waals surface area contributed by atoms with E-state index in [1.165, 1.54) is 15.7 Å². The molecule has 2 aromatic carbocycles. The average Bonchev–Trinajstić information content (AvgIpc) is 2.96. The predicted molar refractivity (Wildman–Crippen MR) is 104 cm³/mol. The Labute approximate surface area is 161 Å². The predicted octanol–water partition coefficient (Wildman–Crippen LogP) is 2.42. The van der Waals surface area contributed by atoms with Gasteiger partial charge in [-0.05, 0) is 29.7 Å². The highest BCUT2D eigenvalue weighted by Crippen LogP contribution is 2.19. The van der Waals surface area contributed by atoms with E-state index < -0.39 is 5.76 Å². The first kappa shape index (κ1) is 17.8. The van der Waals surface area contributed by atoms with Crippen molar-refractivity contribution < 1.29 is 9.21 Å². The Morgan fingerprint density at radius 2 is 2.00 bits per heavy atom. The highest BCUT2D eigenvalue weighted by molar-refractivity contribution is 6.31. The molecule has 1 amide bonds.